The Hall–Kier alpha value is -2.40. The van der Waals surface area contributed by atoms with Crippen LogP contribution >= 0.6 is 15.9 Å². The van der Waals surface area contributed by atoms with E-state index < -0.39 is 11.9 Å². The normalized spacial score (nSPS) is 12.2. The van der Waals surface area contributed by atoms with Crippen molar-refractivity contribution in [2.24, 2.45) is 0 Å². The lowest BCUT2D eigenvalue weighted by Crippen LogP contribution is -2.31. The Morgan fingerprint density at radius 1 is 1.09 bits per heavy atom. The number of carboxylic acids is 1. The number of benzene rings is 2. The molecule has 1 heterocycles. The van der Waals surface area contributed by atoms with Crippen molar-refractivity contribution in [3.05, 3.63) is 70.3 Å². The van der Waals surface area contributed by atoms with Crippen molar-refractivity contribution < 1.29 is 14.7 Å². The van der Waals surface area contributed by atoms with Crippen molar-refractivity contribution in [3.63, 3.8) is 0 Å². The molecule has 0 fully saturated rings. The average Bonchev–Trinajstić information content (AvgIpc) is 2.96. The van der Waals surface area contributed by atoms with E-state index in [9.17, 15) is 14.7 Å². The standard InChI is InChI=1S/C18H14BrNO3/c19-12-7-5-11(6-8-12)17(21)9-14(18(22)23)15-10-20-16-4-2-1-3-13(15)16/h1-8,10,14,20H,9H2,(H,22,23)/p-1/t14-/m1/s1. The van der Waals surface area contributed by atoms with Gasteiger partial charge in [0.25, 0.3) is 0 Å². The summed E-state index contributed by atoms with van der Waals surface area (Å²) in [5, 5.41) is 12.4. The number of ketones is 1. The molecule has 0 aliphatic heterocycles. The zero-order valence-electron chi connectivity index (χ0n) is 12.1. The summed E-state index contributed by atoms with van der Waals surface area (Å²) in [6.07, 6.45) is 1.51. The number of aliphatic carboxylic acids is 1. The molecule has 0 saturated carbocycles. The monoisotopic (exact) mass is 370 g/mol. The third kappa shape index (κ3) is 3.19. The molecule has 0 radical (unpaired) electrons. The quantitative estimate of drug-likeness (QED) is 0.701. The number of carbonyl (C=O) groups is 2. The summed E-state index contributed by atoms with van der Waals surface area (Å²) in [4.78, 5) is 27.0. The highest BCUT2D eigenvalue weighted by Crippen LogP contribution is 2.29. The van der Waals surface area contributed by atoms with Gasteiger partial charge in [0.05, 0.1) is 0 Å². The maximum absolute atomic E-state index is 12.4. The molecule has 3 rings (SSSR count). The Morgan fingerprint density at radius 3 is 2.48 bits per heavy atom. The topological polar surface area (TPSA) is 73.0 Å². The number of aromatic amines is 1. The molecule has 0 bridgehead atoms. The first-order valence-electron chi connectivity index (χ1n) is 7.12. The van der Waals surface area contributed by atoms with Gasteiger partial charge in [-0.3, -0.25) is 4.79 Å². The molecule has 5 heteroatoms. The molecule has 0 amide bonds. The number of aromatic nitrogens is 1. The van der Waals surface area contributed by atoms with Crippen molar-refractivity contribution in [2.45, 2.75) is 12.3 Å². The number of carbonyl (C=O) groups excluding carboxylic acids is 2. The number of rotatable bonds is 5. The van der Waals surface area contributed by atoms with E-state index in [-0.39, 0.29) is 12.2 Å². The fraction of sp³-hybridized carbons (Fsp3) is 0.111. The lowest BCUT2D eigenvalue weighted by atomic mass is 9.91. The maximum Gasteiger partial charge on any atom is 0.163 e. The second-order valence-corrected chi connectivity index (χ2v) is 6.21. The average molecular weight is 371 g/mol. The van der Waals surface area contributed by atoms with E-state index in [1.807, 2.05) is 24.3 Å². The Labute approximate surface area is 141 Å². The van der Waals surface area contributed by atoms with Crippen molar-refractivity contribution >= 4 is 38.6 Å². The van der Waals surface area contributed by atoms with Crippen LogP contribution in [0.3, 0.4) is 0 Å². The number of nitrogens with one attached hydrogen (secondary N) is 1. The van der Waals surface area contributed by atoms with Crippen LogP contribution in [-0.4, -0.2) is 16.7 Å². The second-order valence-electron chi connectivity index (χ2n) is 5.30. The largest absolute Gasteiger partial charge is 0.549 e. The highest BCUT2D eigenvalue weighted by atomic mass is 79.9. The van der Waals surface area contributed by atoms with Gasteiger partial charge in [0.2, 0.25) is 0 Å². The van der Waals surface area contributed by atoms with Crippen LogP contribution in [0.4, 0.5) is 0 Å². The molecule has 0 aliphatic carbocycles. The molecule has 4 nitrogen and oxygen atoms in total. The zero-order valence-corrected chi connectivity index (χ0v) is 13.7. The summed E-state index contributed by atoms with van der Waals surface area (Å²) >= 11 is 3.31. The molecule has 0 aliphatic rings. The molecule has 0 saturated heterocycles. The summed E-state index contributed by atoms with van der Waals surface area (Å²) in [7, 11) is 0. The smallest absolute Gasteiger partial charge is 0.163 e. The van der Waals surface area contributed by atoms with Crippen molar-refractivity contribution in [1.82, 2.24) is 4.98 Å². The minimum atomic E-state index is -1.25. The van der Waals surface area contributed by atoms with Gasteiger partial charge in [0, 0.05) is 45.4 Å². The van der Waals surface area contributed by atoms with Gasteiger partial charge in [-0.2, -0.15) is 0 Å². The Kier molecular flexibility index (Phi) is 4.30. The fourth-order valence-corrected chi connectivity index (χ4v) is 2.91. The molecule has 1 aromatic heterocycles. The van der Waals surface area contributed by atoms with Crippen molar-refractivity contribution in [2.75, 3.05) is 0 Å². The van der Waals surface area contributed by atoms with E-state index in [0.29, 0.717) is 11.1 Å². The van der Waals surface area contributed by atoms with Gasteiger partial charge in [0.15, 0.2) is 5.78 Å². The van der Waals surface area contributed by atoms with Crippen LogP contribution in [0.25, 0.3) is 10.9 Å². The Balaban J connectivity index is 1.92. The Morgan fingerprint density at radius 2 is 1.78 bits per heavy atom. The van der Waals surface area contributed by atoms with E-state index in [0.717, 1.165) is 15.4 Å². The number of fused-ring (bicyclic) bond motifs is 1. The number of carboxylic acid groups (broad SMARTS) is 1. The summed E-state index contributed by atoms with van der Waals surface area (Å²) in [6, 6.07) is 14.3. The van der Waals surface area contributed by atoms with Gasteiger partial charge in [-0.05, 0) is 23.8 Å². The van der Waals surface area contributed by atoms with Crippen molar-refractivity contribution in [3.8, 4) is 0 Å². The number of hydrogen-bond donors (Lipinski definition) is 1. The molecule has 23 heavy (non-hydrogen) atoms. The van der Waals surface area contributed by atoms with Gasteiger partial charge in [0.1, 0.15) is 0 Å². The van der Waals surface area contributed by atoms with E-state index in [4.69, 9.17) is 0 Å². The van der Waals surface area contributed by atoms with Crippen LogP contribution in [0.1, 0.15) is 28.3 Å². The van der Waals surface area contributed by atoms with Gasteiger partial charge in [-0.25, -0.2) is 0 Å². The first-order chi connectivity index (χ1) is 11.1. The van der Waals surface area contributed by atoms with E-state index in [2.05, 4.69) is 20.9 Å². The molecular formula is C18H13BrNO3-. The number of Topliss-reactive ketones (excluding diaryl/α,β-unsaturated/α-hetero) is 1. The first-order valence-corrected chi connectivity index (χ1v) is 7.91. The third-order valence-corrected chi connectivity index (χ3v) is 4.37. The van der Waals surface area contributed by atoms with Crippen LogP contribution in [0.2, 0.25) is 0 Å². The molecule has 2 aromatic carbocycles. The van der Waals surface area contributed by atoms with Gasteiger partial charge in [-0.1, -0.05) is 46.3 Å². The first kappa shape index (κ1) is 15.5. The maximum atomic E-state index is 12.4. The third-order valence-electron chi connectivity index (χ3n) is 3.84. The predicted molar refractivity (Wildman–Crippen MR) is 89.1 cm³/mol. The summed E-state index contributed by atoms with van der Waals surface area (Å²) in [5.41, 5.74) is 1.90. The fourth-order valence-electron chi connectivity index (χ4n) is 2.64. The molecule has 116 valence electrons. The lowest BCUT2D eigenvalue weighted by Gasteiger charge is -2.17. The highest BCUT2D eigenvalue weighted by Gasteiger charge is 2.21. The van der Waals surface area contributed by atoms with E-state index in [1.165, 1.54) is 0 Å². The van der Waals surface area contributed by atoms with Gasteiger partial charge < -0.3 is 14.9 Å². The summed E-state index contributed by atoms with van der Waals surface area (Å²) < 4.78 is 0.863. The summed E-state index contributed by atoms with van der Waals surface area (Å²) in [5.74, 6) is -2.46. The molecule has 0 spiro atoms. The molecule has 1 N–H and O–H groups in total. The van der Waals surface area contributed by atoms with Crippen LogP contribution in [0.5, 0.6) is 0 Å². The minimum Gasteiger partial charge on any atom is -0.549 e. The lowest BCUT2D eigenvalue weighted by molar-refractivity contribution is -0.307. The Bertz CT molecular complexity index is 867. The molecule has 1 atom stereocenters. The van der Waals surface area contributed by atoms with Gasteiger partial charge >= 0.3 is 0 Å². The van der Waals surface area contributed by atoms with E-state index >= 15 is 0 Å². The SMILES string of the molecule is O=C(C[C@@H](C(=O)[O-])c1c[nH]c2ccccc12)c1ccc(Br)cc1. The predicted octanol–water partition coefficient (Wildman–Crippen LogP) is 3.04. The van der Waals surface area contributed by atoms with Crippen LogP contribution in [0, 0.1) is 0 Å². The number of para-hydroxylation sites is 1. The molecular weight excluding hydrogens is 358 g/mol. The van der Waals surface area contributed by atoms with Crippen LogP contribution in [-0.2, 0) is 4.79 Å². The molecule has 3 aromatic rings. The number of halogens is 1. The zero-order chi connectivity index (χ0) is 16.4. The van der Waals surface area contributed by atoms with E-state index in [1.54, 1.807) is 30.5 Å². The number of hydrogen-bond acceptors (Lipinski definition) is 3. The molecule has 0 unspecified atom stereocenters. The number of H-pyrrole nitrogens is 1. The summed E-state index contributed by atoms with van der Waals surface area (Å²) in [6.45, 7) is 0. The van der Waals surface area contributed by atoms with Crippen LogP contribution in [0.15, 0.2) is 59.2 Å². The van der Waals surface area contributed by atoms with Gasteiger partial charge in [-0.15, -0.1) is 0 Å². The van der Waals surface area contributed by atoms with Crippen LogP contribution < -0.4 is 5.11 Å². The second kappa shape index (κ2) is 6.38. The highest BCUT2D eigenvalue weighted by molar-refractivity contribution is 9.10. The minimum absolute atomic E-state index is 0.133. The van der Waals surface area contributed by atoms with Crippen molar-refractivity contribution in [1.29, 1.82) is 0 Å².